The van der Waals surface area contributed by atoms with E-state index in [2.05, 4.69) is 10.6 Å². The zero-order chi connectivity index (χ0) is 21.6. The van der Waals surface area contributed by atoms with E-state index in [1.807, 2.05) is 0 Å². The van der Waals surface area contributed by atoms with Crippen LogP contribution in [0.2, 0.25) is 0 Å². The fourth-order valence-corrected chi connectivity index (χ4v) is 3.00. The molecule has 2 rings (SSSR count). The molecule has 2 N–H and O–H groups in total. The lowest BCUT2D eigenvalue weighted by Gasteiger charge is -2.23. The van der Waals surface area contributed by atoms with E-state index in [9.17, 15) is 19.2 Å². The van der Waals surface area contributed by atoms with Crippen LogP contribution in [0, 0.1) is 0 Å². The van der Waals surface area contributed by atoms with Gasteiger partial charge in [-0.15, -0.1) is 0 Å². The Labute approximate surface area is 169 Å². The van der Waals surface area contributed by atoms with Crippen LogP contribution in [0.25, 0.3) is 0 Å². The van der Waals surface area contributed by atoms with Gasteiger partial charge in [-0.1, -0.05) is 18.2 Å². The van der Waals surface area contributed by atoms with Gasteiger partial charge in [0.05, 0.1) is 7.11 Å². The number of carbonyl (C=O) groups is 4. The molecule has 1 aliphatic rings. The Bertz CT molecular complexity index is 759. The Kier molecular flexibility index (Phi) is 7.19. The van der Waals surface area contributed by atoms with Crippen LogP contribution in [0.3, 0.4) is 0 Å². The third-order valence-corrected chi connectivity index (χ3v) is 4.25. The standard InChI is InChI=1S/C20H27N3O6/c1-20(2,3)29-19(27)21-11-16(24)23-12-14(10-15(23)18(26)28-4)22-17(25)13-8-6-5-7-9-13/h5-9,14-15H,10-12H2,1-4H3,(H,21,27)(H,22,25)/t14-,15-/m1/s1. The van der Waals surface area contributed by atoms with Crippen molar-refractivity contribution in [3.63, 3.8) is 0 Å². The summed E-state index contributed by atoms with van der Waals surface area (Å²) in [6.07, 6.45) is -0.503. The van der Waals surface area contributed by atoms with Gasteiger partial charge >= 0.3 is 12.1 Å². The minimum absolute atomic E-state index is 0.132. The molecule has 9 nitrogen and oxygen atoms in total. The van der Waals surface area contributed by atoms with Crippen LogP contribution in [0.1, 0.15) is 37.6 Å². The van der Waals surface area contributed by atoms with Crippen molar-refractivity contribution in [1.82, 2.24) is 15.5 Å². The van der Waals surface area contributed by atoms with Crippen molar-refractivity contribution < 1.29 is 28.7 Å². The third-order valence-electron chi connectivity index (χ3n) is 4.25. The second-order valence-corrected chi connectivity index (χ2v) is 7.71. The molecule has 0 aliphatic carbocycles. The number of ether oxygens (including phenoxy) is 2. The minimum atomic E-state index is -0.839. The van der Waals surface area contributed by atoms with Crippen molar-refractivity contribution >= 4 is 23.9 Å². The molecule has 1 aromatic rings. The molecule has 0 aromatic heterocycles. The Morgan fingerprint density at radius 3 is 2.38 bits per heavy atom. The number of nitrogens with one attached hydrogen (secondary N) is 2. The highest BCUT2D eigenvalue weighted by molar-refractivity contribution is 5.94. The predicted octanol–water partition coefficient (Wildman–Crippen LogP) is 1.08. The maximum atomic E-state index is 12.6. The summed E-state index contributed by atoms with van der Waals surface area (Å²) in [5, 5.41) is 5.22. The number of hydrogen-bond donors (Lipinski definition) is 2. The first-order chi connectivity index (χ1) is 13.6. The van der Waals surface area contributed by atoms with E-state index < -0.39 is 35.7 Å². The summed E-state index contributed by atoms with van der Waals surface area (Å²) in [6.45, 7) is 4.93. The summed E-state index contributed by atoms with van der Waals surface area (Å²) >= 11 is 0. The van der Waals surface area contributed by atoms with E-state index in [-0.39, 0.29) is 25.4 Å². The molecular formula is C20H27N3O6. The molecule has 1 aliphatic heterocycles. The highest BCUT2D eigenvalue weighted by atomic mass is 16.6. The quantitative estimate of drug-likeness (QED) is 0.709. The van der Waals surface area contributed by atoms with Gasteiger partial charge in [0.1, 0.15) is 18.2 Å². The van der Waals surface area contributed by atoms with Crippen molar-refractivity contribution in [2.45, 2.75) is 44.9 Å². The van der Waals surface area contributed by atoms with Crippen molar-refractivity contribution in [2.24, 2.45) is 0 Å². The van der Waals surface area contributed by atoms with E-state index in [0.717, 1.165) is 0 Å². The van der Waals surface area contributed by atoms with Gasteiger partial charge in [-0.2, -0.15) is 0 Å². The number of benzene rings is 1. The number of nitrogens with zero attached hydrogens (tertiary/aromatic N) is 1. The number of carbonyl (C=O) groups excluding carboxylic acids is 4. The molecule has 9 heteroatoms. The van der Waals surface area contributed by atoms with E-state index in [4.69, 9.17) is 9.47 Å². The molecule has 1 saturated heterocycles. The molecule has 0 bridgehead atoms. The van der Waals surface area contributed by atoms with Gasteiger partial charge in [0.15, 0.2) is 0 Å². The number of likely N-dealkylation sites (tertiary alicyclic amines) is 1. The molecule has 1 fully saturated rings. The maximum Gasteiger partial charge on any atom is 0.408 e. The summed E-state index contributed by atoms with van der Waals surface area (Å²) in [5.41, 5.74) is -0.208. The number of rotatable bonds is 5. The minimum Gasteiger partial charge on any atom is -0.467 e. The Morgan fingerprint density at radius 2 is 1.79 bits per heavy atom. The van der Waals surface area contributed by atoms with Crippen LogP contribution in [-0.2, 0) is 19.1 Å². The normalized spacial score (nSPS) is 18.7. The van der Waals surface area contributed by atoms with Crippen molar-refractivity contribution in [3.05, 3.63) is 35.9 Å². The lowest BCUT2D eigenvalue weighted by atomic mass is 10.1. The summed E-state index contributed by atoms with van der Waals surface area (Å²) in [5.74, 6) is -1.34. The van der Waals surface area contributed by atoms with Gasteiger partial charge in [0.25, 0.3) is 5.91 Å². The van der Waals surface area contributed by atoms with E-state index in [1.54, 1.807) is 51.1 Å². The van der Waals surface area contributed by atoms with Crippen LogP contribution < -0.4 is 10.6 Å². The van der Waals surface area contributed by atoms with Crippen LogP contribution in [-0.4, -0.2) is 66.7 Å². The summed E-state index contributed by atoms with van der Waals surface area (Å²) in [6, 6.07) is 7.40. The fourth-order valence-electron chi connectivity index (χ4n) is 3.00. The molecule has 0 unspecified atom stereocenters. The number of esters is 1. The molecule has 0 spiro atoms. The molecule has 0 saturated carbocycles. The Hall–Kier alpha value is -3.10. The average molecular weight is 405 g/mol. The van der Waals surface area contributed by atoms with Gasteiger partial charge in [0, 0.05) is 24.6 Å². The lowest BCUT2D eigenvalue weighted by molar-refractivity contribution is -0.150. The first-order valence-electron chi connectivity index (χ1n) is 9.31. The zero-order valence-corrected chi connectivity index (χ0v) is 17.1. The average Bonchev–Trinajstić information content (AvgIpc) is 3.08. The summed E-state index contributed by atoms with van der Waals surface area (Å²) in [7, 11) is 1.24. The van der Waals surface area contributed by atoms with Crippen molar-refractivity contribution in [2.75, 3.05) is 20.2 Å². The van der Waals surface area contributed by atoms with Crippen LogP contribution >= 0.6 is 0 Å². The molecule has 29 heavy (non-hydrogen) atoms. The molecule has 158 valence electrons. The second-order valence-electron chi connectivity index (χ2n) is 7.71. The highest BCUT2D eigenvalue weighted by Crippen LogP contribution is 2.20. The number of amides is 3. The predicted molar refractivity (Wildman–Crippen MR) is 104 cm³/mol. The van der Waals surface area contributed by atoms with E-state index in [0.29, 0.717) is 5.56 Å². The highest BCUT2D eigenvalue weighted by Gasteiger charge is 2.40. The monoisotopic (exact) mass is 405 g/mol. The van der Waals surface area contributed by atoms with Gasteiger partial charge in [-0.3, -0.25) is 9.59 Å². The molecule has 0 radical (unpaired) electrons. The lowest BCUT2D eigenvalue weighted by Crippen LogP contribution is -2.47. The first-order valence-corrected chi connectivity index (χ1v) is 9.31. The second kappa shape index (κ2) is 9.40. The molecule has 2 atom stereocenters. The smallest absolute Gasteiger partial charge is 0.408 e. The molecular weight excluding hydrogens is 378 g/mol. The summed E-state index contributed by atoms with van der Waals surface area (Å²) < 4.78 is 9.89. The number of hydrogen-bond acceptors (Lipinski definition) is 6. The first kappa shape index (κ1) is 22.2. The van der Waals surface area contributed by atoms with Gasteiger partial charge < -0.3 is 25.0 Å². The Balaban J connectivity index is 1.99. The van der Waals surface area contributed by atoms with E-state index >= 15 is 0 Å². The van der Waals surface area contributed by atoms with E-state index in [1.165, 1.54) is 12.0 Å². The SMILES string of the molecule is COC(=O)[C@H]1C[C@@H](NC(=O)c2ccccc2)CN1C(=O)CNC(=O)OC(C)(C)C. The van der Waals surface area contributed by atoms with Gasteiger partial charge in [0.2, 0.25) is 5.91 Å². The fraction of sp³-hybridized carbons (Fsp3) is 0.500. The van der Waals surface area contributed by atoms with Crippen LogP contribution in [0.4, 0.5) is 4.79 Å². The van der Waals surface area contributed by atoms with Gasteiger partial charge in [-0.25, -0.2) is 9.59 Å². The van der Waals surface area contributed by atoms with Gasteiger partial charge in [-0.05, 0) is 32.9 Å². The van der Waals surface area contributed by atoms with Crippen LogP contribution in [0.5, 0.6) is 0 Å². The summed E-state index contributed by atoms with van der Waals surface area (Å²) in [4.78, 5) is 50.1. The van der Waals surface area contributed by atoms with Crippen molar-refractivity contribution in [1.29, 1.82) is 0 Å². The van der Waals surface area contributed by atoms with Crippen molar-refractivity contribution in [3.8, 4) is 0 Å². The topological polar surface area (TPSA) is 114 Å². The number of methoxy groups -OCH3 is 1. The number of alkyl carbamates (subject to hydrolysis) is 1. The zero-order valence-electron chi connectivity index (χ0n) is 17.1. The largest absolute Gasteiger partial charge is 0.467 e. The molecule has 1 aromatic carbocycles. The molecule has 3 amide bonds. The maximum absolute atomic E-state index is 12.6. The molecule has 1 heterocycles. The Morgan fingerprint density at radius 1 is 1.14 bits per heavy atom. The third kappa shape index (κ3) is 6.48. The van der Waals surface area contributed by atoms with Crippen LogP contribution in [0.15, 0.2) is 30.3 Å².